The first-order chi connectivity index (χ1) is 12.8. The minimum Gasteiger partial charge on any atom is -0.240 e. The first-order valence-corrected chi connectivity index (χ1v) is 10.0. The van der Waals surface area contributed by atoms with Crippen LogP contribution in [-0.4, -0.2) is 24.2 Å². The molecule has 0 saturated heterocycles. The minimum absolute atomic E-state index is 0.0728. The van der Waals surface area contributed by atoms with Crippen molar-refractivity contribution in [1.29, 1.82) is 0 Å². The topological polar surface area (TPSA) is 0 Å². The number of benzene rings is 1. The molecule has 11 heteroatoms. The molecule has 28 heavy (non-hydrogen) atoms. The van der Waals surface area contributed by atoms with Gasteiger partial charge in [0.1, 0.15) is 0 Å². The monoisotopic (exact) mass is 444 g/mol. The van der Waals surface area contributed by atoms with E-state index in [1.54, 1.807) is 0 Å². The molecule has 0 aromatic heterocycles. The highest BCUT2D eigenvalue weighted by atomic mass is 31.1. The molecule has 0 radical (unpaired) electrons. The van der Waals surface area contributed by atoms with Crippen molar-refractivity contribution in [3.8, 4) is 0 Å². The summed E-state index contributed by atoms with van der Waals surface area (Å²) in [5, 5.41) is -1.10. The molecule has 1 aromatic carbocycles. The van der Waals surface area contributed by atoms with Crippen LogP contribution < -0.4 is 5.30 Å². The third-order valence-corrected chi connectivity index (χ3v) is 6.63. The van der Waals surface area contributed by atoms with Crippen LogP contribution in [0.4, 0.5) is 43.9 Å². The van der Waals surface area contributed by atoms with Gasteiger partial charge in [-0.3, -0.25) is 0 Å². The Bertz CT molecular complexity index is 644. The van der Waals surface area contributed by atoms with Crippen LogP contribution in [0.5, 0.6) is 0 Å². The lowest BCUT2D eigenvalue weighted by molar-refractivity contribution is -0.135. The Kier molecular flexibility index (Phi) is 9.03. The van der Waals surface area contributed by atoms with E-state index >= 15 is 0 Å². The molecule has 0 aliphatic heterocycles. The van der Waals surface area contributed by atoms with E-state index in [1.165, 1.54) is 0 Å². The molecule has 0 bridgehead atoms. The minimum atomic E-state index is -4.32. The van der Waals surface area contributed by atoms with E-state index in [9.17, 15) is 43.9 Å². The number of hydrogen-bond acceptors (Lipinski definition) is 0. The van der Waals surface area contributed by atoms with E-state index in [2.05, 4.69) is 0 Å². The van der Waals surface area contributed by atoms with E-state index in [1.807, 2.05) is 0 Å². The summed E-state index contributed by atoms with van der Waals surface area (Å²) in [6.45, 7) is 1.15. The lowest BCUT2D eigenvalue weighted by Gasteiger charge is -2.30. The summed E-state index contributed by atoms with van der Waals surface area (Å²) in [4.78, 5) is 0. The van der Waals surface area contributed by atoms with Crippen LogP contribution in [0, 0.1) is 23.3 Å². The van der Waals surface area contributed by atoms with Gasteiger partial charge in [-0.25, -0.2) is 22.0 Å². The average molecular weight is 444 g/mol. The van der Waals surface area contributed by atoms with Gasteiger partial charge in [0.2, 0.25) is 0 Å². The first-order valence-electron chi connectivity index (χ1n) is 8.52. The average Bonchev–Trinajstić information content (AvgIpc) is 2.59. The summed E-state index contributed by atoms with van der Waals surface area (Å²) in [5.74, 6) is -8.23. The molecule has 0 N–H and O–H groups in total. The highest BCUT2D eigenvalue weighted by molar-refractivity contribution is 7.66. The Morgan fingerprint density at radius 1 is 0.857 bits per heavy atom. The Morgan fingerprint density at radius 3 is 1.96 bits per heavy atom. The van der Waals surface area contributed by atoms with Gasteiger partial charge in [-0.05, 0) is 25.1 Å². The second-order valence-electron chi connectivity index (χ2n) is 6.19. The number of unbranched alkanes of at least 4 members (excludes halogenated alkanes) is 3. The summed E-state index contributed by atoms with van der Waals surface area (Å²) >= 11 is 0. The van der Waals surface area contributed by atoms with Gasteiger partial charge in [0.15, 0.2) is 29.4 Å². The van der Waals surface area contributed by atoms with Gasteiger partial charge in [-0.2, -0.15) is 22.0 Å². The Balaban J connectivity index is 2.78. The summed E-state index contributed by atoms with van der Waals surface area (Å²) in [5.41, 5.74) is -4.15. The largest absolute Gasteiger partial charge is 0.389 e. The van der Waals surface area contributed by atoms with Gasteiger partial charge in [0.05, 0.1) is 0 Å². The molecule has 1 rings (SSSR count). The number of halogens is 10. The highest BCUT2D eigenvalue weighted by Crippen LogP contribution is 2.55. The van der Waals surface area contributed by atoms with Crippen molar-refractivity contribution in [2.45, 2.75) is 63.5 Å². The molecule has 0 heterocycles. The van der Waals surface area contributed by atoms with Gasteiger partial charge in [-0.1, -0.05) is 26.2 Å². The lowest BCUT2D eigenvalue weighted by atomic mass is 10.1. The standard InChI is InChI=1S/C17H19F10P/c1-2-28(11-9-10(18)13(20)15(22)14(11)21)17(26,27)12(19)7-5-3-4-6-8-16(23,24)25/h9,12H,2-8H2,1H3. The Hall–Kier alpha value is -1.05. The molecule has 1 aromatic rings. The first kappa shape index (κ1) is 25.0. The quantitative estimate of drug-likeness (QED) is 0.118. The van der Waals surface area contributed by atoms with Crippen LogP contribution in [0.25, 0.3) is 0 Å². The predicted octanol–water partition coefficient (Wildman–Crippen LogP) is 7.20. The van der Waals surface area contributed by atoms with Gasteiger partial charge < -0.3 is 0 Å². The van der Waals surface area contributed by atoms with E-state index < -0.39 is 73.5 Å². The Morgan fingerprint density at radius 2 is 1.43 bits per heavy atom. The zero-order chi connectivity index (χ0) is 21.7. The molecule has 0 spiro atoms. The third-order valence-electron chi connectivity index (χ3n) is 4.10. The van der Waals surface area contributed by atoms with Gasteiger partial charge >= 0.3 is 6.18 Å². The number of hydrogen-bond donors (Lipinski definition) is 0. The summed E-state index contributed by atoms with van der Waals surface area (Å²) < 4.78 is 133. The molecule has 2 unspecified atom stereocenters. The van der Waals surface area contributed by atoms with Crippen molar-refractivity contribution in [3.05, 3.63) is 29.3 Å². The molecular weight excluding hydrogens is 425 g/mol. The van der Waals surface area contributed by atoms with Gasteiger partial charge in [0, 0.05) is 19.6 Å². The van der Waals surface area contributed by atoms with Crippen LogP contribution in [0.15, 0.2) is 6.07 Å². The molecule has 0 aliphatic carbocycles. The van der Waals surface area contributed by atoms with Crippen molar-refractivity contribution < 1.29 is 43.9 Å². The second kappa shape index (κ2) is 10.1. The van der Waals surface area contributed by atoms with E-state index in [4.69, 9.17) is 0 Å². The fraction of sp³-hybridized carbons (Fsp3) is 0.647. The van der Waals surface area contributed by atoms with E-state index in [-0.39, 0.29) is 31.7 Å². The van der Waals surface area contributed by atoms with E-state index in [0.29, 0.717) is 0 Å². The molecule has 2 atom stereocenters. The molecule has 0 amide bonds. The van der Waals surface area contributed by atoms with Crippen LogP contribution in [0.3, 0.4) is 0 Å². The third kappa shape index (κ3) is 6.49. The van der Waals surface area contributed by atoms with Crippen molar-refractivity contribution in [1.82, 2.24) is 0 Å². The molecule has 0 aliphatic rings. The maximum absolute atomic E-state index is 14.4. The normalized spacial score (nSPS) is 15.0. The summed E-state index contributed by atoms with van der Waals surface area (Å²) in [6, 6.07) is 0.112. The van der Waals surface area contributed by atoms with Crippen LogP contribution >= 0.6 is 7.92 Å². The fourth-order valence-electron chi connectivity index (χ4n) is 2.64. The lowest BCUT2D eigenvalue weighted by Crippen LogP contribution is -2.34. The summed E-state index contributed by atoms with van der Waals surface area (Å²) in [7, 11) is -3.02. The van der Waals surface area contributed by atoms with Gasteiger partial charge in [-0.15, -0.1) is 0 Å². The smallest absolute Gasteiger partial charge is 0.240 e. The van der Waals surface area contributed by atoms with Crippen molar-refractivity contribution in [2.24, 2.45) is 0 Å². The molecule has 0 fully saturated rings. The second-order valence-corrected chi connectivity index (χ2v) is 8.75. The predicted molar refractivity (Wildman–Crippen MR) is 87.0 cm³/mol. The van der Waals surface area contributed by atoms with Gasteiger partial charge in [0.25, 0.3) is 5.66 Å². The molecule has 0 saturated carbocycles. The fourth-order valence-corrected chi connectivity index (χ4v) is 4.80. The van der Waals surface area contributed by atoms with E-state index in [0.717, 1.165) is 6.92 Å². The highest BCUT2D eigenvalue weighted by Gasteiger charge is 2.48. The SMILES string of the molecule is CCP(c1cc(F)c(F)c(F)c1F)C(F)(F)C(F)CCCCCCC(F)(F)F. The number of rotatable bonds is 10. The maximum Gasteiger partial charge on any atom is 0.389 e. The Labute approximate surface area is 157 Å². The number of alkyl halides is 6. The molecule has 0 nitrogen and oxygen atoms in total. The van der Waals surface area contributed by atoms with Crippen molar-refractivity contribution in [2.75, 3.05) is 6.16 Å². The van der Waals surface area contributed by atoms with Crippen molar-refractivity contribution in [3.63, 3.8) is 0 Å². The zero-order valence-electron chi connectivity index (χ0n) is 14.8. The maximum atomic E-state index is 14.4. The molecular formula is C17H19F10P. The van der Waals surface area contributed by atoms with Crippen LogP contribution in [-0.2, 0) is 0 Å². The zero-order valence-corrected chi connectivity index (χ0v) is 15.7. The van der Waals surface area contributed by atoms with Crippen LogP contribution in [0.1, 0.15) is 45.4 Å². The van der Waals surface area contributed by atoms with Crippen molar-refractivity contribution >= 4 is 13.2 Å². The summed E-state index contributed by atoms with van der Waals surface area (Å²) in [6.07, 6.45) is -9.53. The molecule has 162 valence electrons. The van der Waals surface area contributed by atoms with Crippen LogP contribution in [0.2, 0.25) is 0 Å².